The highest BCUT2D eigenvalue weighted by Gasteiger charge is 2.03. The minimum Gasteiger partial charge on any atom is -0.224 e. The summed E-state index contributed by atoms with van der Waals surface area (Å²) in [6.45, 7) is 3.89. The highest BCUT2D eigenvalue weighted by molar-refractivity contribution is 5.60. The minimum atomic E-state index is 0.219. The maximum absolute atomic E-state index is 8.81. The first-order valence-corrected chi connectivity index (χ1v) is 5.02. The molecule has 0 unspecified atom stereocenters. The molecular formula is C13H11N3. The topological polar surface area (TPSA) is 49.6 Å². The Balaban J connectivity index is 2.56. The highest BCUT2D eigenvalue weighted by Crippen LogP contribution is 2.18. The smallest absolute Gasteiger partial charge is 0.224 e. The average molecular weight is 209 g/mol. The first-order chi connectivity index (χ1) is 7.69. The summed E-state index contributed by atoms with van der Waals surface area (Å²) in [6, 6.07) is 11.9. The lowest BCUT2D eigenvalue weighted by atomic mass is 10.1. The lowest BCUT2D eigenvalue weighted by Gasteiger charge is -2.03. The van der Waals surface area contributed by atoms with E-state index in [4.69, 9.17) is 5.26 Å². The Morgan fingerprint density at radius 3 is 2.62 bits per heavy atom. The van der Waals surface area contributed by atoms with E-state index in [0.717, 1.165) is 17.0 Å². The van der Waals surface area contributed by atoms with Gasteiger partial charge in [-0.15, -0.1) is 0 Å². The molecule has 0 saturated carbocycles. The fourth-order valence-electron chi connectivity index (χ4n) is 1.57. The van der Waals surface area contributed by atoms with Crippen molar-refractivity contribution in [1.82, 2.24) is 9.97 Å². The summed E-state index contributed by atoms with van der Waals surface area (Å²) in [6.07, 6.45) is 0. The second kappa shape index (κ2) is 4.11. The molecule has 0 N–H and O–H groups in total. The second-order valence-electron chi connectivity index (χ2n) is 3.70. The van der Waals surface area contributed by atoms with Crippen molar-refractivity contribution in [3.8, 4) is 17.3 Å². The van der Waals surface area contributed by atoms with Gasteiger partial charge >= 0.3 is 0 Å². The molecule has 0 aliphatic carbocycles. The van der Waals surface area contributed by atoms with Crippen LogP contribution in [0.25, 0.3) is 11.3 Å². The highest BCUT2D eigenvalue weighted by atomic mass is 14.9. The molecule has 16 heavy (non-hydrogen) atoms. The van der Waals surface area contributed by atoms with Crippen molar-refractivity contribution < 1.29 is 0 Å². The monoisotopic (exact) mass is 209 g/mol. The summed E-state index contributed by atoms with van der Waals surface area (Å²) in [5.74, 6) is 0.219. The van der Waals surface area contributed by atoms with Gasteiger partial charge in [0.25, 0.3) is 0 Å². The number of nitriles is 1. The first-order valence-electron chi connectivity index (χ1n) is 5.02. The number of hydrogen-bond acceptors (Lipinski definition) is 3. The molecule has 0 fully saturated rings. The summed E-state index contributed by atoms with van der Waals surface area (Å²) in [5, 5.41) is 8.81. The summed E-state index contributed by atoms with van der Waals surface area (Å²) in [4.78, 5) is 8.22. The molecule has 78 valence electrons. The number of nitrogens with zero attached hydrogens (tertiary/aromatic N) is 3. The Labute approximate surface area is 94.4 Å². The minimum absolute atomic E-state index is 0.219. The van der Waals surface area contributed by atoms with Crippen LogP contribution in [0.3, 0.4) is 0 Å². The molecule has 3 nitrogen and oxygen atoms in total. The average Bonchev–Trinajstić information content (AvgIpc) is 2.28. The first kappa shape index (κ1) is 10.3. The zero-order valence-corrected chi connectivity index (χ0v) is 9.23. The standard InChI is InChI=1S/C13H11N3/c1-9-4-3-5-11(6-9)12-7-10(2)15-13(8-14)16-12/h3-7H,1-2H3. The van der Waals surface area contributed by atoms with Crippen molar-refractivity contribution in [1.29, 1.82) is 5.26 Å². The molecule has 0 saturated heterocycles. The molecule has 0 aliphatic heterocycles. The van der Waals surface area contributed by atoms with Crippen molar-refractivity contribution in [3.63, 3.8) is 0 Å². The SMILES string of the molecule is Cc1cccc(-c2cc(C)nc(C#N)n2)c1. The van der Waals surface area contributed by atoms with Crippen molar-refractivity contribution in [3.05, 3.63) is 47.4 Å². The molecule has 3 heteroatoms. The Bertz CT molecular complexity index is 568. The van der Waals surface area contributed by atoms with Gasteiger partial charge in [0.1, 0.15) is 6.07 Å². The van der Waals surface area contributed by atoms with Gasteiger partial charge in [0.15, 0.2) is 0 Å². The third-order valence-corrected chi connectivity index (χ3v) is 2.27. The van der Waals surface area contributed by atoms with Gasteiger partial charge in [-0.25, -0.2) is 9.97 Å². The molecular weight excluding hydrogens is 198 g/mol. The van der Waals surface area contributed by atoms with Gasteiger partial charge in [-0.3, -0.25) is 0 Å². The van der Waals surface area contributed by atoms with Gasteiger partial charge in [-0.2, -0.15) is 5.26 Å². The fourth-order valence-corrected chi connectivity index (χ4v) is 1.57. The zero-order valence-electron chi connectivity index (χ0n) is 9.23. The van der Waals surface area contributed by atoms with Crippen LogP contribution >= 0.6 is 0 Å². The summed E-state index contributed by atoms with van der Waals surface area (Å²) in [7, 11) is 0. The Morgan fingerprint density at radius 2 is 1.94 bits per heavy atom. The van der Waals surface area contributed by atoms with E-state index in [1.165, 1.54) is 5.56 Å². The lowest BCUT2D eigenvalue weighted by molar-refractivity contribution is 1.06. The summed E-state index contributed by atoms with van der Waals surface area (Å²) < 4.78 is 0. The van der Waals surface area contributed by atoms with Crippen LogP contribution in [0, 0.1) is 25.2 Å². The summed E-state index contributed by atoms with van der Waals surface area (Å²) >= 11 is 0. The van der Waals surface area contributed by atoms with Crippen LogP contribution in [0.15, 0.2) is 30.3 Å². The van der Waals surface area contributed by atoms with Crippen LogP contribution in [0.4, 0.5) is 0 Å². The van der Waals surface area contributed by atoms with Gasteiger partial charge in [0.05, 0.1) is 5.69 Å². The van der Waals surface area contributed by atoms with E-state index in [0.29, 0.717) is 0 Å². The predicted molar refractivity (Wildman–Crippen MR) is 61.7 cm³/mol. The van der Waals surface area contributed by atoms with Crippen molar-refractivity contribution >= 4 is 0 Å². The van der Waals surface area contributed by atoms with E-state index in [2.05, 4.69) is 9.97 Å². The van der Waals surface area contributed by atoms with Crippen LogP contribution in [-0.2, 0) is 0 Å². The Morgan fingerprint density at radius 1 is 1.12 bits per heavy atom. The maximum atomic E-state index is 8.81. The molecule has 1 aromatic carbocycles. The van der Waals surface area contributed by atoms with Crippen molar-refractivity contribution in [2.24, 2.45) is 0 Å². The van der Waals surface area contributed by atoms with Crippen molar-refractivity contribution in [2.45, 2.75) is 13.8 Å². The van der Waals surface area contributed by atoms with Gasteiger partial charge in [0.2, 0.25) is 5.82 Å². The normalized spacial score (nSPS) is 9.81. The molecule has 0 atom stereocenters. The molecule has 0 spiro atoms. The summed E-state index contributed by atoms with van der Waals surface area (Å²) in [5.41, 5.74) is 3.80. The molecule has 0 aliphatic rings. The third kappa shape index (κ3) is 2.06. The quantitative estimate of drug-likeness (QED) is 0.725. The number of aromatic nitrogens is 2. The van der Waals surface area contributed by atoms with Crippen LogP contribution < -0.4 is 0 Å². The molecule has 0 bridgehead atoms. The zero-order chi connectivity index (χ0) is 11.5. The Kier molecular flexibility index (Phi) is 2.65. The molecule has 1 heterocycles. The van der Waals surface area contributed by atoms with E-state index in [-0.39, 0.29) is 5.82 Å². The largest absolute Gasteiger partial charge is 0.232 e. The van der Waals surface area contributed by atoms with Crippen LogP contribution in [-0.4, -0.2) is 9.97 Å². The van der Waals surface area contributed by atoms with Gasteiger partial charge in [0, 0.05) is 11.3 Å². The molecule has 1 aromatic heterocycles. The van der Waals surface area contributed by atoms with Crippen LogP contribution in [0.2, 0.25) is 0 Å². The van der Waals surface area contributed by atoms with Crippen LogP contribution in [0.5, 0.6) is 0 Å². The van der Waals surface area contributed by atoms with E-state index in [9.17, 15) is 0 Å². The molecule has 0 amide bonds. The Hall–Kier alpha value is -2.21. The van der Waals surface area contributed by atoms with Gasteiger partial charge < -0.3 is 0 Å². The van der Waals surface area contributed by atoms with Crippen molar-refractivity contribution in [2.75, 3.05) is 0 Å². The number of benzene rings is 1. The number of hydrogen-bond donors (Lipinski definition) is 0. The number of aryl methyl sites for hydroxylation is 2. The third-order valence-electron chi connectivity index (χ3n) is 2.27. The second-order valence-corrected chi connectivity index (χ2v) is 3.70. The lowest BCUT2D eigenvalue weighted by Crippen LogP contribution is -1.94. The van der Waals surface area contributed by atoms with E-state index < -0.39 is 0 Å². The van der Waals surface area contributed by atoms with Crippen LogP contribution in [0.1, 0.15) is 17.1 Å². The van der Waals surface area contributed by atoms with Gasteiger partial charge in [-0.1, -0.05) is 23.8 Å². The molecule has 2 aromatic rings. The predicted octanol–water partition coefficient (Wildman–Crippen LogP) is 2.63. The van der Waals surface area contributed by atoms with E-state index in [1.54, 1.807) is 0 Å². The molecule has 0 radical (unpaired) electrons. The maximum Gasteiger partial charge on any atom is 0.232 e. The van der Waals surface area contributed by atoms with Gasteiger partial charge in [-0.05, 0) is 26.0 Å². The van der Waals surface area contributed by atoms with E-state index >= 15 is 0 Å². The molecule has 2 rings (SSSR count). The fraction of sp³-hybridized carbons (Fsp3) is 0.154. The van der Waals surface area contributed by atoms with E-state index in [1.807, 2.05) is 50.2 Å². The number of rotatable bonds is 1.